The summed E-state index contributed by atoms with van der Waals surface area (Å²) in [5, 5.41) is 1.20. The van der Waals surface area contributed by atoms with Crippen molar-refractivity contribution in [1.29, 1.82) is 0 Å². The summed E-state index contributed by atoms with van der Waals surface area (Å²) in [6, 6.07) is 8.02. The Morgan fingerprint density at radius 1 is 1.13 bits per heavy atom. The van der Waals surface area contributed by atoms with Crippen LogP contribution in [-0.4, -0.2) is 12.8 Å². The summed E-state index contributed by atoms with van der Waals surface area (Å²) in [4.78, 5) is 12.1. The first-order valence-electron chi connectivity index (χ1n) is 6.68. The maximum atomic E-state index is 12.1. The third-order valence-electron chi connectivity index (χ3n) is 3.27. The number of halogens is 3. The van der Waals surface area contributed by atoms with Crippen LogP contribution in [0.5, 0.6) is 5.75 Å². The summed E-state index contributed by atoms with van der Waals surface area (Å²) < 4.78 is 16.0. The van der Waals surface area contributed by atoms with E-state index in [0.29, 0.717) is 38.6 Å². The van der Waals surface area contributed by atoms with Crippen LogP contribution >= 0.6 is 34.8 Å². The van der Waals surface area contributed by atoms with Gasteiger partial charge in [-0.15, -0.1) is 0 Å². The number of rotatable bonds is 3. The Labute approximate surface area is 147 Å². The predicted octanol–water partition coefficient (Wildman–Crippen LogP) is 4.87. The van der Waals surface area contributed by atoms with Crippen molar-refractivity contribution in [3.8, 4) is 5.75 Å². The average Bonchev–Trinajstić information content (AvgIpc) is 2.54. The molecule has 1 aliphatic heterocycles. The summed E-state index contributed by atoms with van der Waals surface area (Å²) in [5.74, 6) is 0.131. The number of fused-ring (bicyclic) bond motifs is 1. The standard InChI is InChI=1S/C16H11Cl3O4/c17-12-3-10-6-21-8-23-15(10)11(4-12)7-22-16(20)9-1-2-13(18)14(19)5-9/h1-5H,6-8H2. The highest BCUT2D eigenvalue weighted by molar-refractivity contribution is 6.42. The van der Waals surface area contributed by atoms with Crippen molar-refractivity contribution in [2.24, 2.45) is 0 Å². The number of carbonyl (C=O) groups is 1. The predicted molar refractivity (Wildman–Crippen MR) is 87.3 cm³/mol. The molecule has 0 N–H and O–H groups in total. The maximum absolute atomic E-state index is 12.1. The zero-order valence-corrected chi connectivity index (χ0v) is 14.0. The third-order valence-corrected chi connectivity index (χ3v) is 4.22. The Kier molecular flexibility index (Phi) is 4.97. The van der Waals surface area contributed by atoms with Gasteiger partial charge in [-0.3, -0.25) is 0 Å². The summed E-state index contributed by atoms with van der Waals surface area (Å²) in [6.07, 6.45) is 0. The quantitative estimate of drug-likeness (QED) is 0.720. The molecule has 1 aliphatic rings. The van der Waals surface area contributed by atoms with Gasteiger partial charge in [-0.1, -0.05) is 34.8 Å². The van der Waals surface area contributed by atoms with Gasteiger partial charge in [-0.2, -0.15) is 0 Å². The second-order valence-corrected chi connectivity index (χ2v) is 6.12. The fourth-order valence-electron chi connectivity index (χ4n) is 2.21. The molecule has 0 atom stereocenters. The Balaban J connectivity index is 1.76. The number of ether oxygens (including phenoxy) is 3. The topological polar surface area (TPSA) is 44.8 Å². The first-order chi connectivity index (χ1) is 11.0. The lowest BCUT2D eigenvalue weighted by atomic mass is 10.1. The molecule has 3 rings (SSSR count). The van der Waals surface area contributed by atoms with Crippen LogP contribution in [0.15, 0.2) is 30.3 Å². The van der Waals surface area contributed by atoms with Crippen LogP contribution in [0.2, 0.25) is 15.1 Å². The minimum Gasteiger partial charge on any atom is -0.467 e. The molecule has 2 aromatic rings. The number of benzene rings is 2. The molecule has 0 spiro atoms. The normalized spacial score (nSPS) is 13.2. The molecule has 0 saturated carbocycles. The summed E-state index contributed by atoms with van der Waals surface area (Å²) in [5.41, 5.74) is 1.83. The number of carbonyl (C=O) groups excluding carboxylic acids is 1. The van der Waals surface area contributed by atoms with Crippen LogP contribution in [0.3, 0.4) is 0 Å². The van der Waals surface area contributed by atoms with Crippen molar-refractivity contribution in [1.82, 2.24) is 0 Å². The van der Waals surface area contributed by atoms with Gasteiger partial charge in [0.05, 0.1) is 22.2 Å². The van der Waals surface area contributed by atoms with Gasteiger partial charge in [0.2, 0.25) is 0 Å². The Bertz CT molecular complexity index is 761. The summed E-state index contributed by atoms with van der Waals surface area (Å²) in [7, 11) is 0. The first-order valence-corrected chi connectivity index (χ1v) is 7.82. The molecule has 0 bridgehead atoms. The molecule has 0 saturated heterocycles. The molecule has 120 valence electrons. The molecule has 23 heavy (non-hydrogen) atoms. The number of hydrogen-bond acceptors (Lipinski definition) is 4. The molecular formula is C16H11Cl3O4. The molecule has 0 unspecified atom stereocenters. The van der Waals surface area contributed by atoms with E-state index in [1.807, 2.05) is 0 Å². The van der Waals surface area contributed by atoms with Crippen LogP contribution in [-0.2, 0) is 22.7 Å². The first kappa shape index (κ1) is 16.4. The molecule has 7 heteroatoms. The largest absolute Gasteiger partial charge is 0.467 e. The van der Waals surface area contributed by atoms with Gasteiger partial charge in [-0.25, -0.2) is 4.79 Å². The highest BCUT2D eigenvalue weighted by Gasteiger charge is 2.18. The van der Waals surface area contributed by atoms with Crippen molar-refractivity contribution in [3.63, 3.8) is 0 Å². The highest BCUT2D eigenvalue weighted by atomic mass is 35.5. The number of hydrogen-bond donors (Lipinski definition) is 0. The van der Waals surface area contributed by atoms with Gasteiger partial charge in [0.1, 0.15) is 12.4 Å². The van der Waals surface area contributed by atoms with Crippen LogP contribution in [0.1, 0.15) is 21.5 Å². The van der Waals surface area contributed by atoms with E-state index in [4.69, 9.17) is 49.0 Å². The Morgan fingerprint density at radius 2 is 1.96 bits per heavy atom. The second kappa shape index (κ2) is 6.97. The van der Waals surface area contributed by atoms with Crippen molar-refractivity contribution in [2.75, 3.05) is 6.79 Å². The maximum Gasteiger partial charge on any atom is 0.338 e. The fraction of sp³-hybridized carbons (Fsp3) is 0.188. The van der Waals surface area contributed by atoms with Crippen molar-refractivity contribution in [3.05, 3.63) is 62.1 Å². The second-order valence-electron chi connectivity index (χ2n) is 4.87. The molecular weight excluding hydrogens is 363 g/mol. The van der Waals surface area contributed by atoms with Gasteiger partial charge in [-0.05, 0) is 30.3 Å². The van der Waals surface area contributed by atoms with E-state index >= 15 is 0 Å². The molecule has 0 aromatic heterocycles. The lowest BCUT2D eigenvalue weighted by Gasteiger charge is -2.21. The molecule has 0 radical (unpaired) electrons. The lowest BCUT2D eigenvalue weighted by Crippen LogP contribution is -2.14. The van der Waals surface area contributed by atoms with E-state index in [1.54, 1.807) is 24.3 Å². The van der Waals surface area contributed by atoms with Gasteiger partial charge in [0.15, 0.2) is 6.79 Å². The van der Waals surface area contributed by atoms with Crippen LogP contribution in [0, 0.1) is 0 Å². The SMILES string of the molecule is O=C(OCc1cc(Cl)cc2c1OCOC2)c1ccc(Cl)c(Cl)c1. The van der Waals surface area contributed by atoms with Gasteiger partial charge in [0.25, 0.3) is 0 Å². The van der Waals surface area contributed by atoms with Gasteiger partial charge < -0.3 is 14.2 Å². The minimum atomic E-state index is -0.510. The van der Waals surface area contributed by atoms with E-state index in [2.05, 4.69) is 0 Å². The molecule has 1 heterocycles. The van der Waals surface area contributed by atoms with Gasteiger partial charge in [0, 0.05) is 16.1 Å². The Morgan fingerprint density at radius 3 is 2.74 bits per heavy atom. The van der Waals surface area contributed by atoms with Crippen LogP contribution in [0.4, 0.5) is 0 Å². The van der Waals surface area contributed by atoms with Crippen LogP contribution < -0.4 is 4.74 Å². The molecule has 0 fully saturated rings. The fourth-order valence-corrected chi connectivity index (χ4v) is 2.78. The molecule has 4 nitrogen and oxygen atoms in total. The van der Waals surface area contributed by atoms with E-state index < -0.39 is 5.97 Å². The van der Waals surface area contributed by atoms with E-state index in [-0.39, 0.29) is 13.4 Å². The van der Waals surface area contributed by atoms with E-state index in [9.17, 15) is 4.79 Å². The third kappa shape index (κ3) is 3.72. The van der Waals surface area contributed by atoms with Crippen molar-refractivity contribution < 1.29 is 19.0 Å². The van der Waals surface area contributed by atoms with E-state index in [0.717, 1.165) is 5.56 Å². The van der Waals surface area contributed by atoms with Gasteiger partial charge >= 0.3 is 5.97 Å². The Hall–Kier alpha value is -1.46. The summed E-state index contributed by atoms with van der Waals surface area (Å²) in [6.45, 7) is 0.591. The minimum absolute atomic E-state index is 0.0297. The zero-order valence-electron chi connectivity index (χ0n) is 11.8. The molecule has 2 aromatic carbocycles. The van der Waals surface area contributed by atoms with E-state index in [1.165, 1.54) is 6.07 Å². The van der Waals surface area contributed by atoms with Crippen molar-refractivity contribution in [2.45, 2.75) is 13.2 Å². The monoisotopic (exact) mass is 372 g/mol. The average molecular weight is 374 g/mol. The smallest absolute Gasteiger partial charge is 0.338 e. The highest BCUT2D eigenvalue weighted by Crippen LogP contribution is 2.32. The lowest BCUT2D eigenvalue weighted by molar-refractivity contribution is -0.0180. The zero-order chi connectivity index (χ0) is 16.4. The number of esters is 1. The molecule has 0 amide bonds. The molecule has 0 aliphatic carbocycles. The van der Waals surface area contributed by atoms with Crippen LogP contribution in [0.25, 0.3) is 0 Å². The van der Waals surface area contributed by atoms with Crippen molar-refractivity contribution >= 4 is 40.8 Å². The summed E-state index contributed by atoms with van der Waals surface area (Å²) >= 11 is 17.8.